The second kappa shape index (κ2) is 8.62. The molecule has 124 valence electrons. The number of ketones is 2. The molecule has 1 heterocycles. The Kier molecular flexibility index (Phi) is 6.25. The number of hydrogen-bond acceptors (Lipinski definition) is 4. The highest BCUT2D eigenvalue weighted by molar-refractivity contribution is 6.37. The third kappa shape index (κ3) is 5.05. The minimum absolute atomic E-state index is 0.113. The van der Waals surface area contributed by atoms with E-state index in [-0.39, 0.29) is 6.61 Å². The summed E-state index contributed by atoms with van der Waals surface area (Å²) in [5, 5.41) is 0. The Morgan fingerprint density at radius 3 is 2.54 bits per heavy atom. The molecule has 5 nitrogen and oxygen atoms in total. The largest absolute Gasteiger partial charge is 0.460 e. The van der Waals surface area contributed by atoms with Gasteiger partial charge in [0.1, 0.15) is 0 Å². The number of Topliss-reactive ketones (excluding diaryl/α,β-unsaturated/α-hetero) is 1. The van der Waals surface area contributed by atoms with Crippen LogP contribution in [0.1, 0.15) is 24.6 Å². The van der Waals surface area contributed by atoms with Crippen molar-refractivity contribution in [3.05, 3.63) is 66.0 Å². The van der Waals surface area contributed by atoms with Crippen molar-refractivity contribution in [2.24, 2.45) is 0 Å². The number of nitrogens with zero attached hydrogens (tertiary/aromatic N) is 1. The summed E-state index contributed by atoms with van der Waals surface area (Å²) in [5.74, 6) is -2.22. The molecule has 1 aromatic carbocycles. The number of ether oxygens (including phenoxy) is 1. The third-order valence-corrected chi connectivity index (χ3v) is 3.34. The first-order valence-electron chi connectivity index (χ1n) is 7.70. The zero-order chi connectivity index (χ0) is 17.4. The molecule has 0 radical (unpaired) electrons. The number of rotatable bonds is 8. The molecular weight excluding hydrogens is 306 g/mol. The normalized spacial score (nSPS) is 10.7. The maximum Gasteiger partial charge on any atom is 0.375 e. The van der Waals surface area contributed by atoms with Crippen molar-refractivity contribution in [3.8, 4) is 0 Å². The number of carbonyl (C=O) groups excluding carboxylic acids is 3. The number of allylic oxidation sites excluding steroid dienone is 1. The summed E-state index contributed by atoms with van der Waals surface area (Å²) in [6, 6.07) is 13.7. The highest BCUT2D eigenvalue weighted by Gasteiger charge is 2.17. The Hall–Kier alpha value is -2.95. The Labute approximate surface area is 140 Å². The maximum atomic E-state index is 11.8. The summed E-state index contributed by atoms with van der Waals surface area (Å²) in [6.07, 6.45) is 4.40. The van der Waals surface area contributed by atoms with E-state index in [0.29, 0.717) is 6.54 Å². The van der Waals surface area contributed by atoms with E-state index in [4.69, 9.17) is 0 Å². The highest BCUT2D eigenvalue weighted by atomic mass is 16.5. The molecule has 24 heavy (non-hydrogen) atoms. The van der Waals surface area contributed by atoms with E-state index < -0.39 is 24.0 Å². The molecular formula is C19H19NO4. The van der Waals surface area contributed by atoms with Crippen LogP contribution < -0.4 is 0 Å². The Balaban J connectivity index is 1.97. The number of hydrogen-bond donors (Lipinski definition) is 0. The lowest BCUT2D eigenvalue weighted by Crippen LogP contribution is -2.19. The van der Waals surface area contributed by atoms with Crippen molar-refractivity contribution in [2.75, 3.05) is 6.61 Å². The summed E-state index contributed by atoms with van der Waals surface area (Å²) in [6.45, 7) is 2.40. The first-order chi connectivity index (χ1) is 11.6. The molecule has 2 aromatic rings. The fraction of sp³-hybridized carbons (Fsp3) is 0.211. The van der Waals surface area contributed by atoms with Crippen LogP contribution in [0.3, 0.4) is 0 Å². The van der Waals surface area contributed by atoms with Crippen LogP contribution in [-0.4, -0.2) is 28.7 Å². The standard InChI is InChI=1S/C19H19NO4/c1-2-24-19(23)18(22)13-17(21)11-10-16-9-6-12-20(16)14-15-7-4-3-5-8-15/h3-12H,2,13-14H2,1H3/b11-10+. The average molecular weight is 325 g/mol. The van der Waals surface area contributed by atoms with Gasteiger partial charge in [-0.1, -0.05) is 30.3 Å². The van der Waals surface area contributed by atoms with E-state index in [0.717, 1.165) is 11.3 Å². The molecule has 0 bridgehead atoms. The summed E-state index contributed by atoms with van der Waals surface area (Å²) < 4.78 is 6.56. The smallest absolute Gasteiger partial charge is 0.375 e. The quantitative estimate of drug-likeness (QED) is 0.324. The minimum Gasteiger partial charge on any atom is -0.460 e. The van der Waals surface area contributed by atoms with Crippen molar-refractivity contribution < 1.29 is 19.1 Å². The van der Waals surface area contributed by atoms with Gasteiger partial charge >= 0.3 is 5.97 Å². The lowest BCUT2D eigenvalue weighted by molar-refractivity contribution is -0.154. The van der Waals surface area contributed by atoms with Gasteiger partial charge in [-0.05, 0) is 36.8 Å². The molecule has 5 heteroatoms. The number of esters is 1. The van der Waals surface area contributed by atoms with Crippen LogP contribution in [-0.2, 0) is 25.7 Å². The molecule has 0 atom stereocenters. The third-order valence-electron chi connectivity index (χ3n) is 3.34. The van der Waals surface area contributed by atoms with E-state index in [1.807, 2.05) is 53.2 Å². The predicted molar refractivity (Wildman–Crippen MR) is 90.3 cm³/mol. The SMILES string of the molecule is CCOC(=O)C(=O)CC(=O)/C=C/c1cccn1Cc1ccccc1. The van der Waals surface area contributed by atoms with Gasteiger partial charge in [0.2, 0.25) is 5.78 Å². The lowest BCUT2D eigenvalue weighted by atomic mass is 10.2. The molecule has 0 saturated heterocycles. The zero-order valence-corrected chi connectivity index (χ0v) is 13.5. The topological polar surface area (TPSA) is 65.4 Å². The molecule has 1 aromatic heterocycles. The molecule has 0 N–H and O–H groups in total. The van der Waals surface area contributed by atoms with E-state index in [1.165, 1.54) is 6.08 Å². The molecule has 0 aliphatic heterocycles. The van der Waals surface area contributed by atoms with Crippen LogP contribution in [0.5, 0.6) is 0 Å². The van der Waals surface area contributed by atoms with Crippen molar-refractivity contribution >= 4 is 23.6 Å². The number of benzene rings is 1. The van der Waals surface area contributed by atoms with Gasteiger partial charge in [-0.15, -0.1) is 0 Å². The summed E-state index contributed by atoms with van der Waals surface area (Å²) in [5.41, 5.74) is 1.99. The number of aromatic nitrogens is 1. The van der Waals surface area contributed by atoms with Crippen LogP contribution in [0.15, 0.2) is 54.7 Å². The van der Waals surface area contributed by atoms with Crippen molar-refractivity contribution in [2.45, 2.75) is 19.9 Å². The van der Waals surface area contributed by atoms with Gasteiger partial charge < -0.3 is 9.30 Å². The van der Waals surface area contributed by atoms with Crippen molar-refractivity contribution in [3.63, 3.8) is 0 Å². The molecule has 2 rings (SSSR count). The lowest BCUT2D eigenvalue weighted by Gasteiger charge is -2.06. The molecule has 0 unspecified atom stereocenters. The molecule has 0 fully saturated rings. The first kappa shape index (κ1) is 17.4. The fourth-order valence-corrected chi connectivity index (χ4v) is 2.18. The zero-order valence-electron chi connectivity index (χ0n) is 13.5. The minimum atomic E-state index is -0.966. The fourth-order valence-electron chi connectivity index (χ4n) is 2.18. The Morgan fingerprint density at radius 2 is 1.83 bits per heavy atom. The van der Waals surface area contributed by atoms with Crippen molar-refractivity contribution in [1.82, 2.24) is 4.57 Å². The van der Waals surface area contributed by atoms with Crippen LogP contribution in [0.2, 0.25) is 0 Å². The second-order valence-corrected chi connectivity index (χ2v) is 5.17. The van der Waals surface area contributed by atoms with E-state index in [2.05, 4.69) is 4.74 Å². The van der Waals surface area contributed by atoms with Crippen LogP contribution in [0, 0.1) is 0 Å². The van der Waals surface area contributed by atoms with E-state index in [1.54, 1.807) is 13.0 Å². The van der Waals surface area contributed by atoms with Gasteiger partial charge in [0, 0.05) is 18.4 Å². The molecule has 0 spiro atoms. The average Bonchev–Trinajstić information content (AvgIpc) is 3.01. The van der Waals surface area contributed by atoms with E-state index >= 15 is 0 Å². The van der Waals surface area contributed by atoms with Crippen molar-refractivity contribution in [1.29, 1.82) is 0 Å². The van der Waals surface area contributed by atoms with Gasteiger partial charge in [-0.2, -0.15) is 0 Å². The van der Waals surface area contributed by atoms with Gasteiger partial charge in [0.05, 0.1) is 13.0 Å². The summed E-state index contributed by atoms with van der Waals surface area (Å²) in [4.78, 5) is 34.5. The Bertz CT molecular complexity index is 744. The molecule has 0 aliphatic rings. The predicted octanol–water partition coefficient (Wildman–Crippen LogP) is 2.64. The summed E-state index contributed by atoms with van der Waals surface area (Å²) >= 11 is 0. The summed E-state index contributed by atoms with van der Waals surface area (Å²) in [7, 11) is 0. The Morgan fingerprint density at radius 1 is 1.08 bits per heavy atom. The molecule has 0 saturated carbocycles. The van der Waals surface area contributed by atoms with Gasteiger partial charge in [-0.3, -0.25) is 9.59 Å². The highest BCUT2D eigenvalue weighted by Crippen LogP contribution is 2.09. The maximum absolute atomic E-state index is 11.8. The molecule has 0 aliphatic carbocycles. The van der Waals surface area contributed by atoms with Gasteiger partial charge in [0.25, 0.3) is 0 Å². The van der Waals surface area contributed by atoms with Crippen LogP contribution >= 0.6 is 0 Å². The molecule has 0 amide bonds. The van der Waals surface area contributed by atoms with Crippen LogP contribution in [0.25, 0.3) is 6.08 Å². The number of carbonyl (C=O) groups is 3. The van der Waals surface area contributed by atoms with Gasteiger partial charge in [-0.25, -0.2) is 4.79 Å². The van der Waals surface area contributed by atoms with Crippen LogP contribution in [0.4, 0.5) is 0 Å². The van der Waals surface area contributed by atoms with Gasteiger partial charge in [0.15, 0.2) is 5.78 Å². The monoisotopic (exact) mass is 325 g/mol. The van der Waals surface area contributed by atoms with E-state index in [9.17, 15) is 14.4 Å². The first-order valence-corrected chi connectivity index (χ1v) is 7.70. The second-order valence-electron chi connectivity index (χ2n) is 5.17.